The Morgan fingerprint density at radius 3 is 2.74 bits per heavy atom. The molecule has 1 aromatic rings. The molecule has 0 aliphatic carbocycles. The Labute approximate surface area is 112 Å². The van der Waals surface area contributed by atoms with E-state index < -0.39 is 0 Å². The van der Waals surface area contributed by atoms with E-state index in [4.69, 9.17) is 10.9 Å². The Hall–Kier alpha value is -2.08. The third-order valence-electron chi connectivity index (χ3n) is 2.73. The molecule has 6 heteroatoms. The fourth-order valence-corrected chi connectivity index (χ4v) is 1.62. The molecule has 19 heavy (non-hydrogen) atoms. The van der Waals surface area contributed by atoms with E-state index in [-0.39, 0.29) is 11.7 Å². The summed E-state index contributed by atoms with van der Waals surface area (Å²) in [5.41, 5.74) is 7.22. The van der Waals surface area contributed by atoms with E-state index in [9.17, 15) is 4.79 Å². The lowest BCUT2D eigenvalue weighted by Crippen LogP contribution is -2.27. The van der Waals surface area contributed by atoms with Gasteiger partial charge in [0.1, 0.15) is 0 Å². The third kappa shape index (κ3) is 4.59. The van der Waals surface area contributed by atoms with Crippen LogP contribution in [0.2, 0.25) is 0 Å². The normalized spacial score (nSPS) is 11.4. The van der Waals surface area contributed by atoms with Gasteiger partial charge in [-0.2, -0.15) is 0 Å². The highest BCUT2D eigenvalue weighted by Gasteiger charge is 2.07. The van der Waals surface area contributed by atoms with Crippen molar-refractivity contribution in [3.05, 3.63) is 35.4 Å². The quantitative estimate of drug-likeness (QED) is 0.227. The van der Waals surface area contributed by atoms with Gasteiger partial charge in [-0.05, 0) is 5.56 Å². The maximum absolute atomic E-state index is 11.4. The van der Waals surface area contributed by atoms with Gasteiger partial charge in [-0.1, -0.05) is 29.4 Å². The second kappa shape index (κ2) is 7.38. The molecule has 1 aromatic carbocycles. The number of benzene rings is 1. The molecule has 0 aliphatic heterocycles. The van der Waals surface area contributed by atoms with Gasteiger partial charge in [-0.15, -0.1) is 0 Å². The zero-order valence-electron chi connectivity index (χ0n) is 11.3. The molecular formula is C13H20N4O2. The summed E-state index contributed by atoms with van der Waals surface area (Å²) in [5.74, 6) is 0.166. The van der Waals surface area contributed by atoms with E-state index in [1.165, 1.54) is 0 Å². The number of nitrogens with two attached hydrogens (primary N) is 1. The van der Waals surface area contributed by atoms with Crippen LogP contribution in [-0.4, -0.2) is 42.5 Å². The topological polar surface area (TPSA) is 91.0 Å². The second-order valence-electron chi connectivity index (χ2n) is 4.36. The first-order valence-electron chi connectivity index (χ1n) is 6.03. The minimum Gasteiger partial charge on any atom is -0.409 e. The zero-order chi connectivity index (χ0) is 14.3. The Bertz CT molecular complexity index is 458. The Balaban J connectivity index is 2.52. The first kappa shape index (κ1) is 15.0. The maximum atomic E-state index is 11.4. The largest absolute Gasteiger partial charge is 0.409 e. The molecule has 0 atom stereocenters. The van der Waals surface area contributed by atoms with Crippen LogP contribution in [0.25, 0.3) is 0 Å². The van der Waals surface area contributed by atoms with E-state index >= 15 is 0 Å². The second-order valence-corrected chi connectivity index (χ2v) is 4.36. The first-order chi connectivity index (χ1) is 9.06. The molecule has 0 heterocycles. The van der Waals surface area contributed by atoms with Gasteiger partial charge in [-0.3, -0.25) is 4.79 Å². The van der Waals surface area contributed by atoms with Gasteiger partial charge in [0.2, 0.25) is 5.91 Å². The molecule has 4 N–H and O–H groups in total. The lowest BCUT2D eigenvalue weighted by molar-refractivity contribution is -0.128. The Morgan fingerprint density at radius 2 is 2.11 bits per heavy atom. The highest BCUT2D eigenvalue weighted by atomic mass is 16.4. The fraction of sp³-hybridized carbons (Fsp3) is 0.385. The Kier molecular flexibility index (Phi) is 5.81. The van der Waals surface area contributed by atoms with Gasteiger partial charge in [0.05, 0.1) is 0 Å². The van der Waals surface area contributed by atoms with E-state index in [1.54, 1.807) is 25.1 Å². The highest BCUT2D eigenvalue weighted by Crippen LogP contribution is 2.08. The number of rotatable bonds is 6. The van der Waals surface area contributed by atoms with Crippen LogP contribution in [0.5, 0.6) is 0 Å². The van der Waals surface area contributed by atoms with Crippen molar-refractivity contribution >= 4 is 11.7 Å². The van der Waals surface area contributed by atoms with Crippen LogP contribution in [-0.2, 0) is 11.3 Å². The molecule has 0 bridgehead atoms. The maximum Gasteiger partial charge on any atom is 0.223 e. The van der Waals surface area contributed by atoms with Crippen LogP contribution in [0.15, 0.2) is 29.4 Å². The van der Waals surface area contributed by atoms with Crippen LogP contribution in [0, 0.1) is 0 Å². The average molecular weight is 264 g/mol. The summed E-state index contributed by atoms with van der Waals surface area (Å²) in [6, 6.07) is 7.40. The summed E-state index contributed by atoms with van der Waals surface area (Å²) in [6.07, 6.45) is 0.443. The molecule has 1 rings (SSSR count). The average Bonchev–Trinajstić information content (AvgIpc) is 2.42. The van der Waals surface area contributed by atoms with Crippen molar-refractivity contribution < 1.29 is 10.0 Å². The summed E-state index contributed by atoms with van der Waals surface area (Å²) in [5, 5.41) is 14.9. The first-order valence-corrected chi connectivity index (χ1v) is 6.03. The molecule has 1 amide bonds. The lowest BCUT2D eigenvalue weighted by atomic mass is 10.1. The summed E-state index contributed by atoms with van der Waals surface area (Å²) in [4.78, 5) is 13.0. The van der Waals surface area contributed by atoms with E-state index in [2.05, 4.69) is 10.5 Å². The van der Waals surface area contributed by atoms with Crippen LogP contribution >= 0.6 is 0 Å². The van der Waals surface area contributed by atoms with Gasteiger partial charge in [0, 0.05) is 39.2 Å². The van der Waals surface area contributed by atoms with Gasteiger partial charge in [0.25, 0.3) is 0 Å². The zero-order valence-corrected chi connectivity index (χ0v) is 11.3. The number of oxime groups is 1. The van der Waals surface area contributed by atoms with E-state index in [0.717, 1.165) is 5.56 Å². The van der Waals surface area contributed by atoms with Crippen molar-refractivity contribution in [2.75, 3.05) is 20.6 Å². The SMILES string of the molecule is CN(C)C(=O)CCNCc1ccccc1C(N)=NO. The number of carbonyl (C=O) groups is 1. The number of nitrogens with one attached hydrogen (secondary N) is 1. The lowest BCUT2D eigenvalue weighted by Gasteiger charge is -2.12. The molecule has 6 nitrogen and oxygen atoms in total. The van der Waals surface area contributed by atoms with Gasteiger partial charge in [-0.25, -0.2) is 0 Å². The van der Waals surface area contributed by atoms with Crippen molar-refractivity contribution in [2.45, 2.75) is 13.0 Å². The number of hydrogen-bond donors (Lipinski definition) is 3. The third-order valence-corrected chi connectivity index (χ3v) is 2.73. The van der Waals surface area contributed by atoms with E-state index in [1.807, 2.05) is 18.2 Å². The molecule has 104 valence electrons. The van der Waals surface area contributed by atoms with Gasteiger partial charge >= 0.3 is 0 Å². The van der Waals surface area contributed by atoms with Crippen molar-refractivity contribution in [3.8, 4) is 0 Å². The highest BCUT2D eigenvalue weighted by molar-refractivity contribution is 5.98. The minimum absolute atomic E-state index is 0.0808. The monoisotopic (exact) mass is 264 g/mol. The number of carbonyl (C=O) groups excluding carboxylic acids is 1. The standard InChI is InChI=1S/C13H20N4O2/c1-17(2)12(18)7-8-15-9-10-5-3-4-6-11(10)13(14)16-19/h3-6,15,19H,7-9H2,1-2H3,(H2,14,16). The predicted molar refractivity (Wildman–Crippen MR) is 74.0 cm³/mol. The van der Waals surface area contributed by atoms with Gasteiger partial charge in [0.15, 0.2) is 5.84 Å². The molecule has 0 aromatic heterocycles. The number of amidine groups is 1. The summed E-state index contributed by atoms with van der Waals surface area (Å²) < 4.78 is 0. The molecule has 0 fully saturated rings. The molecule has 0 unspecified atom stereocenters. The molecule has 0 saturated heterocycles. The van der Waals surface area contributed by atoms with Crippen molar-refractivity contribution in [1.29, 1.82) is 0 Å². The summed E-state index contributed by atoms with van der Waals surface area (Å²) >= 11 is 0. The van der Waals surface area contributed by atoms with Crippen LogP contribution in [0.1, 0.15) is 17.5 Å². The van der Waals surface area contributed by atoms with Crippen molar-refractivity contribution in [3.63, 3.8) is 0 Å². The molecule has 0 spiro atoms. The smallest absolute Gasteiger partial charge is 0.223 e. The van der Waals surface area contributed by atoms with E-state index in [0.29, 0.717) is 25.1 Å². The number of hydrogen-bond acceptors (Lipinski definition) is 4. The summed E-state index contributed by atoms with van der Waals surface area (Å²) in [7, 11) is 3.46. The number of nitrogens with zero attached hydrogens (tertiary/aromatic N) is 2. The van der Waals surface area contributed by atoms with Crippen LogP contribution in [0.3, 0.4) is 0 Å². The Morgan fingerprint density at radius 1 is 1.42 bits per heavy atom. The molecule has 0 aliphatic rings. The predicted octanol–water partition coefficient (Wildman–Crippen LogP) is 0.349. The van der Waals surface area contributed by atoms with Crippen LogP contribution in [0.4, 0.5) is 0 Å². The summed E-state index contributed by atoms with van der Waals surface area (Å²) in [6.45, 7) is 1.15. The molecular weight excluding hydrogens is 244 g/mol. The van der Waals surface area contributed by atoms with Gasteiger partial charge < -0.3 is 21.2 Å². The fourth-order valence-electron chi connectivity index (χ4n) is 1.62. The minimum atomic E-state index is 0.0808. The van der Waals surface area contributed by atoms with Crippen LogP contribution < -0.4 is 11.1 Å². The molecule has 0 saturated carbocycles. The van der Waals surface area contributed by atoms with Crippen molar-refractivity contribution in [2.24, 2.45) is 10.9 Å². The number of amides is 1. The molecule has 0 radical (unpaired) electrons. The van der Waals surface area contributed by atoms with Crippen molar-refractivity contribution in [1.82, 2.24) is 10.2 Å².